The Labute approximate surface area is 144 Å². The molecule has 1 aromatic carbocycles. The van der Waals surface area contributed by atoms with Crippen LogP contribution in [-0.2, 0) is 24.2 Å². The van der Waals surface area contributed by atoms with E-state index in [1.165, 1.54) is 11.6 Å². The zero-order valence-corrected chi connectivity index (χ0v) is 13.8. The molecule has 0 unspecified atom stereocenters. The lowest BCUT2D eigenvalue weighted by Gasteiger charge is -2.16. The fourth-order valence-electron chi connectivity index (χ4n) is 3.20. The maximum Gasteiger partial charge on any atom is 0.266 e. The minimum atomic E-state index is -0.437. The number of amides is 1. The van der Waals surface area contributed by atoms with Crippen molar-refractivity contribution in [2.45, 2.75) is 25.9 Å². The van der Waals surface area contributed by atoms with Gasteiger partial charge in [0.05, 0.1) is 13.0 Å². The summed E-state index contributed by atoms with van der Waals surface area (Å²) >= 11 is 0. The molecule has 1 atom stereocenters. The molecule has 7 nitrogen and oxygen atoms in total. The van der Waals surface area contributed by atoms with Crippen LogP contribution in [0.3, 0.4) is 0 Å². The second-order valence-corrected chi connectivity index (χ2v) is 6.46. The van der Waals surface area contributed by atoms with Gasteiger partial charge in [-0.15, -0.1) is 0 Å². The van der Waals surface area contributed by atoms with Crippen LogP contribution in [0.25, 0.3) is 0 Å². The fraction of sp³-hybridized carbons (Fsp3) is 0.389. The largest absolute Gasteiger partial charge is 0.392 e. The normalized spacial score (nSPS) is 17.0. The average Bonchev–Trinajstić information content (AvgIpc) is 3.07. The predicted octanol–water partition coefficient (Wildman–Crippen LogP) is 0.189. The van der Waals surface area contributed by atoms with E-state index < -0.39 is 11.1 Å². The van der Waals surface area contributed by atoms with Crippen molar-refractivity contribution < 1.29 is 9.90 Å². The topological polar surface area (TPSA) is 106 Å². The van der Waals surface area contributed by atoms with Crippen LogP contribution in [0, 0.1) is 5.92 Å². The maximum atomic E-state index is 12.4. The molecule has 0 aliphatic carbocycles. The Balaban J connectivity index is 1.58. The number of rotatable bonds is 5. The minimum absolute atomic E-state index is 0.0352. The van der Waals surface area contributed by atoms with Crippen LogP contribution < -0.4 is 11.1 Å². The van der Waals surface area contributed by atoms with Gasteiger partial charge in [0, 0.05) is 24.7 Å². The van der Waals surface area contributed by atoms with Crippen molar-refractivity contribution in [2.75, 3.05) is 13.1 Å². The molecule has 0 bridgehead atoms. The van der Waals surface area contributed by atoms with Crippen molar-refractivity contribution in [3.8, 4) is 0 Å². The lowest BCUT2D eigenvalue weighted by molar-refractivity contribution is -0.129. The van der Waals surface area contributed by atoms with Gasteiger partial charge in [-0.1, -0.05) is 24.3 Å². The van der Waals surface area contributed by atoms with E-state index in [0.717, 1.165) is 18.4 Å². The lowest BCUT2D eigenvalue weighted by Crippen LogP contribution is -2.33. The molecule has 1 aliphatic rings. The zero-order chi connectivity index (χ0) is 17.8. The monoisotopic (exact) mass is 343 g/mol. The highest BCUT2D eigenvalue weighted by Crippen LogP contribution is 2.21. The van der Waals surface area contributed by atoms with Crippen LogP contribution in [-0.4, -0.2) is 39.2 Å². The summed E-state index contributed by atoms with van der Waals surface area (Å²) in [6, 6.07) is 9.00. The quantitative estimate of drug-likeness (QED) is 0.720. The van der Waals surface area contributed by atoms with Crippen LogP contribution in [0.2, 0.25) is 0 Å². The van der Waals surface area contributed by atoms with Gasteiger partial charge in [-0.3, -0.25) is 24.6 Å². The third-order valence-corrected chi connectivity index (χ3v) is 4.61. The average molecular weight is 343 g/mol. The smallest absolute Gasteiger partial charge is 0.266 e. The first-order chi connectivity index (χ1) is 12.0. The molecule has 1 amide bonds. The number of aromatic nitrogens is 2. The highest BCUT2D eigenvalue weighted by atomic mass is 16.3. The number of hydrogen-bond donors (Lipinski definition) is 3. The molecule has 0 saturated carbocycles. The predicted molar refractivity (Wildman–Crippen MR) is 92.1 cm³/mol. The Bertz CT molecular complexity index is 854. The Morgan fingerprint density at radius 1 is 1.16 bits per heavy atom. The molecule has 1 fully saturated rings. The van der Waals surface area contributed by atoms with Crippen LogP contribution >= 0.6 is 0 Å². The van der Waals surface area contributed by atoms with E-state index in [-0.39, 0.29) is 24.5 Å². The number of nitrogens with one attached hydrogen (secondary N) is 2. The number of hydrogen-bond acceptors (Lipinski definition) is 4. The van der Waals surface area contributed by atoms with Crippen LogP contribution in [0.4, 0.5) is 0 Å². The molecule has 1 aliphatic heterocycles. The SMILES string of the molecule is O=C(Cc1cc(=O)[nH][nH]c1=O)N1CC[C@@H](Cc2ccc(CO)cc2)C1. The van der Waals surface area contributed by atoms with Crippen LogP contribution in [0.5, 0.6) is 0 Å². The molecule has 1 aromatic heterocycles. The molecule has 3 N–H and O–H groups in total. The van der Waals surface area contributed by atoms with Gasteiger partial charge in [-0.2, -0.15) is 0 Å². The summed E-state index contributed by atoms with van der Waals surface area (Å²) in [5, 5.41) is 13.5. The molecule has 132 valence electrons. The highest BCUT2D eigenvalue weighted by molar-refractivity contribution is 5.78. The van der Waals surface area contributed by atoms with Gasteiger partial charge < -0.3 is 10.0 Å². The van der Waals surface area contributed by atoms with Gasteiger partial charge in [0.1, 0.15) is 0 Å². The number of benzene rings is 1. The number of carbonyl (C=O) groups excluding carboxylic acids is 1. The molecule has 1 saturated heterocycles. The molecular weight excluding hydrogens is 322 g/mol. The summed E-state index contributed by atoms with van der Waals surface area (Å²) in [6.45, 7) is 1.36. The van der Waals surface area contributed by atoms with Gasteiger partial charge in [-0.05, 0) is 29.9 Å². The summed E-state index contributed by atoms with van der Waals surface area (Å²) in [5.74, 6) is 0.246. The first-order valence-electron chi connectivity index (χ1n) is 8.32. The van der Waals surface area contributed by atoms with E-state index in [9.17, 15) is 14.4 Å². The second-order valence-electron chi connectivity index (χ2n) is 6.46. The van der Waals surface area contributed by atoms with Gasteiger partial charge in [-0.25, -0.2) is 0 Å². The molecular formula is C18H21N3O4. The number of likely N-dealkylation sites (tertiary alicyclic amines) is 1. The third kappa shape index (κ3) is 4.24. The van der Waals surface area contributed by atoms with Crippen LogP contribution in [0.1, 0.15) is 23.1 Å². The number of H-pyrrole nitrogens is 2. The molecule has 25 heavy (non-hydrogen) atoms. The van der Waals surface area contributed by atoms with E-state index >= 15 is 0 Å². The Morgan fingerprint density at radius 2 is 1.88 bits per heavy atom. The number of aliphatic hydroxyl groups excluding tert-OH is 1. The highest BCUT2D eigenvalue weighted by Gasteiger charge is 2.26. The van der Waals surface area contributed by atoms with Crippen molar-refractivity contribution in [3.63, 3.8) is 0 Å². The summed E-state index contributed by atoms with van der Waals surface area (Å²) in [4.78, 5) is 37.1. The van der Waals surface area contributed by atoms with Crippen molar-refractivity contribution in [1.82, 2.24) is 15.1 Å². The van der Waals surface area contributed by atoms with Crippen LogP contribution in [0.15, 0.2) is 39.9 Å². The Morgan fingerprint density at radius 3 is 2.60 bits per heavy atom. The Hall–Kier alpha value is -2.67. The van der Waals surface area contributed by atoms with Crippen molar-refractivity contribution >= 4 is 5.91 Å². The molecule has 0 spiro atoms. The standard InChI is InChI=1S/C18H21N3O4/c22-11-13-3-1-12(2-4-13)7-14-5-6-21(10-14)17(24)9-15-8-16(23)19-20-18(15)25/h1-4,8,14,22H,5-7,9-11H2,(H,19,23)(H,20,25)/t14-/m0/s1. The van der Waals surface area contributed by atoms with Gasteiger partial charge in [0.25, 0.3) is 11.1 Å². The summed E-state index contributed by atoms with van der Waals surface area (Å²) in [6.07, 6.45) is 1.73. The summed E-state index contributed by atoms with van der Waals surface area (Å²) < 4.78 is 0. The first kappa shape index (κ1) is 17.2. The van der Waals surface area contributed by atoms with Crippen molar-refractivity contribution in [3.05, 3.63) is 67.7 Å². The number of nitrogens with zero attached hydrogens (tertiary/aromatic N) is 1. The van der Waals surface area contributed by atoms with Gasteiger partial charge >= 0.3 is 0 Å². The zero-order valence-electron chi connectivity index (χ0n) is 13.8. The fourth-order valence-corrected chi connectivity index (χ4v) is 3.20. The van der Waals surface area contributed by atoms with E-state index in [1.807, 2.05) is 24.3 Å². The number of carbonyl (C=O) groups is 1. The third-order valence-electron chi connectivity index (χ3n) is 4.61. The molecule has 2 heterocycles. The Kier molecular flexibility index (Phi) is 5.14. The minimum Gasteiger partial charge on any atom is -0.392 e. The van der Waals surface area contributed by atoms with Gasteiger partial charge in [0.15, 0.2) is 0 Å². The lowest BCUT2D eigenvalue weighted by atomic mass is 9.98. The molecule has 2 aromatic rings. The first-order valence-corrected chi connectivity index (χ1v) is 8.32. The van der Waals surface area contributed by atoms with E-state index in [0.29, 0.717) is 19.0 Å². The molecule has 0 radical (unpaired) electrons. The summed E-state index contributed by atoms with van der Waals surface area (Å²) in [5.41, 5.74) is 1.40. The number of aromatic amines is 2. The maximum absolute atomic E-state index is 12.4. The number of aliphatic hydroxyl groups is 1. The second kappa shape index (κ2) is 7.48. The van der Waals surface area contributed by atoms with Crippen molar-refractivity contribution in [2.24, 2.45) is 5.92 Å². The van der Waals surface area contributed by atoms with Crippen molar-refractivity contribution in [1.29, 1.82) is 0 Å². The van der Waals surface area contributed by atoms with E-state index in [1.54, 1.807) is 4.90 Å². The van der Waals surface area contributed by atoms with Gasteiger partial charge in [0.2, 0.25) is 5.91 Å². The summed E-state index contributed by atoms with van der Waals surface area (Å²) in [7, 11) is 0. The molecule has 3 rings (SSSR count). The molecule has 7 heteroatoms. The van der Waals surface area contributed by atoms with E-state index in [4.69, 9.17) is 5.11 Å². The van der Waals surface area contributed by atoms with E-state index in [2.05, 4.69) is 10.2 Å².